The van der Waals surface area contributed by atoms with Crippen molar-refractivity contribution in [1.82, 2.24) is 5.32 Å². The van der Waals surface area contributed by atoms with E-state index in [2.05, 4.69) is 18.8 Å². The highest BCUT2D eigenvalue weighted by Gasteiger charge is 2.16. The van der Waals surface area contributed by atoms with E-state index in [4.69, 9.17) is 0 Å². The third-order valence-corrected chi connectivity index (χ3v) is 2.57. The van der Waals surface area contributed by atoms with Crippen LogP contribution in [0.25, 0.3) is 0 Å². The number of halogens is 1. The molecule has 102 valence electrons. The third-order valence-electron chi connectivity index (χ3n) is 2.57. The van der Waals surface area contributed by atoms with Gasteiger partial charge in [0.1, 0.15) is 5.83 Å². The van der Waals surface area contributed by atoms with Gasteiger partial charge in [-0.25, -0.2) is 4.39 Å². The lowest BCUT2D eigenvalue weighted by molar-refractivity contribution is -0.118. The molecule has 1 amide bonds. The molecule has 1 atom stereocenters. The Labute approximate surface area is 110 Å². The molecule has 0 fully saturated rings. The van der Waals surface area contributed by atoms with Crippen LogP contribution in [0.1, 0.15) is 47.0 Å². The van der Waals surface area contributed by atoms with E-state index >= 15 is 0 Å². The van der Waals surface area contributed by atoms with Crippen LogP contribution in [-0.2, 0) is 4.79 Å². The number of amides is 1. The van der Waals surface area contributed by atoms with Crippen LogP contribution in [0, 0.1) is 0 Å². The molecule has 1 N–H and O–H groups in total. The molecule has 0 aliphatic rings. The zero-order chi connectivity index (χ0) is 14.1. The van der Waals surface area contributed by atoms with E-state index in [-0.39, 0.29) is 17.5 Å². The minimum absolute atomic E-state index is 0.0494. The Morgan fingerprint density at radius 2 is 2.06 bits per heavy atom. The Kier molecular flexibility index (Phi) is 8.01. The maximum atomic E-state index is 13.8. The molecule has 0 aromatic heterocycles. The summed E-state index contributed by atoms with van der Waals surface area (Å²) >= 11 is 0. The lowest BCUT2D eigenvalue weighted by atomic mass is 10.1. The van der Waals surface area contributed by atoms with Gasteiger partial charge in [0, 0.05) is 6.04 Å². The van der Waals surface area contributed by atoms with Crippen molar-refractivity contribution in [3.05, 3.63) is 35.7 Å². The summed E-state index contributed by atoms with van der Waals surface area (Å²) in [7, 11) is 0. The van der Waals surface area contributed by atoms with E-state index in [0.29, 0.717) is 5.57 Å². The molecule has 1 unspecified atom stereocenters. The molecule has 0 saturated carbocycles. The Hall–Kier alpha value is -1.38. The lowest BCUT2D eigenvalue weighted by Crippen LogP contribution is -2.33. The van der Waals surface area contributed by atoms with Gasteiger partial charge >= 0.3 is 0 Å². The molecule has 0 spiro atoms. The smallest absolute Gasteiger partial charge is 0.254 e. The van der Waals surface area contributed by atoms with Gasteiger partial charge in [0.2, 0.25) is 0 Å². The maximum Gasteiger partial charge on any atom is 0.254 e. The fourth-order valence-corrected chi connectivity index (χ4v) is 1.52. The average molecular weight is 253 g/mol. The molecule has 0 bridgehead atoms. The molecular weight excluding hydrogens is 229 g/mol. The summed E-state index contributed by atoms with van der Waals surface area (Å²) in [6, 6.07) is 0.0515. The first-order valence-corrected chi connectivity index (χ1v) is 6.40. The van der Waals surface area contributed by atoms with E-state index in [0.717, 1.165) is 19.3 Å². The first kappa shape index (κ1) is 16.6. The topological polar surface area (TPSA) is 29.1 Å². The quantitative estimate of drug-likeness (QED) is 0.538. The van der Waals surface area contributed by atoms with Gasteiger partial charge in [-0.15, -0.1) is 0 Å². The molecule has 2 nitrogen and oxygen atoms in total. The second-order valence-corrected chi connectivity index (χ2v) is 4.65. The zero-order valence-electron chi connectivity index (χ0n) is 11.8. The molecule has 0 radical (unpaired) electrons. The predicted octanol–water partition coefficient (Wildman–Crippen LogP) is 4.06. The van der Waals surface area contributed by atoms with Crippen LogP contribution in [0.3, 0.4) is 0 Å². The average Bonchev–Trinajstić information content (AvgIpc) is 2.32. The second kappa shape index (κ2) is 8.67. The van der Waals surface area contributed by atoms with E-state index in [1.165, 1.54) is 12.2 Å². The molecular formula is C15H24FNO. The molecule has 0 aliphatic heterocycles. The van der Waals surface area contributed by atoms with E-state index in [1.54, 1.807) is 13.8 Å². The van der Waals surface area contributed by atoms with Gasteiger partial charge in [0.15, 0.2) is 0 Å². The molecule has 0 aliphatic carbocycles. The number of hydrogen-bond donors (Lipinski definition) is 1. The highest BCUT2D eigenvalue weighted by atomic mass is 19.1. The monoisotopic (exact) mass is 253 g/mol. The minimum atomic E-state index is -0.477. The van der Waals surface area contributed by atoms with Crippen LogP contribution in [0.15, 0.2) is 35.7 Å². The van der Waals surface area contributed by atoms with Crippen molar-refractivity contribution in [2.24, 2.45) is 0 Å². The first-order chi connectivity index (χ1) is 8.43. The van der Waals surface area contributed by atoms with Crippen molar-refractivity contribution in [2.75, 3.05) is 0 Å². The Balaban J connectivity index is 4.76. The van der Waals surface area contributed by atoms with Crippen LogP contribution < -0.4 is 5.32 Å². The standard InChI is InChI=1S/C15H24FNO/c1-6-8-10-12(5)17-15(18)13(9-7-2)14(16)11(3)4/h7,9,12H,2,6,8,10H2,1,3-5H3,(H,17,18)/b13-9+. The molecule has 0 heterocycles. The molecule has 0 saturated heterocycles. The van der Waals surface area contributed by atoms with Crippen molar-refractivity contribution in [3.63, 3.8) is 0 Å². The number of hydrogen-bond acceptors (Lipinski definition) is 1. The second-order valence-electron chi connectivity index (χ2n) is 4.65. The maximum absolute atomic E-state index is 13.8. The van der Waals surface area contributed by atoms with Gasteiger partial charge < -0.3 is 5.32 Å². The van der Waals surface area contributed by atoms with Gasteiger partial charge in [-0.1, -0.05) is 32.4 Å². The highest BCUT2D eigenvalue weighted by Crippen LogP contribution is 2.17. The summed E-state index contributed by atoms with van der Waals surface area (Å²) in [5, 5.41) is 2.81. The van der Waals surface area contributed by atoms with Crippen molar-refractivity contribution in [2.45, 2.75) is 53.0 Å². The van der Waals surface area contributed by atoms with Gasteiger partial charge in [-0.05, 0) is 38.8 Å². The number of carbonyl (C=O) groups excluding carboxylic acids is 1. The van der Waals surface area contributed by atoms with Gasteiger partial charge in [-0.3, -0.25) is 4.79 Å². The highest BCUT2D eigenvalue weighted by molar-refractivity contribution is 5.97. The number of unbranched alkanes of at least 4 members (excludes halogenated alkanes) is 1. The summed E-state index contributed by atoms with van der Waals surface area (Å²) < 4.78 is 13.8. The molecule has 0 aromatic carbocycles. The SMILES string of the molecule is C=C/C=C(/C(=O)NC(C)CCCC)C(F)=C(C)C. The summed E-state index contributed by atoms with van der Waals surface area (Å²) in [5.41, 5.74) is 0.535. The first-order valence-electron chi connectivity index (χ1n) is 6.40. The molecule has 0 aromatic rings. The van der Waals surface area contributed by atoms with Crippen LogP contribution in [0.4, 0.5) is 4.39 Å². The fourth-order valence-electron chi connectivity index (χ4n) is 1.52. The summed E-state index contributed by atoms with van der Waals surface area (Å²) in [6.45, 7) is 10.8. The van der Waals surface area contributed by atoms with E-state index < -0.39 is 5.83 Å². The fraction of sp³-hybridized carbons (Fsp3) is 0.533. The van der Waals surface area contributed by atoms with Gasteiger partial charge in [-0.2, -0.15) is 0 Å². The Bertz CT molecular complexity index is 352. The zero-order valence-corrected chi connectivity index (χ0v) is 11.8. The summed E-state index contributed by atoms with van der Waals surface area (Å²) in [6.07, 6.45) is 5.86. The van der Waals surface area contributed by atoms with Crippen molar-refractivity contribution in [3.8, 4) is 0 Å². The van der Waals surface area contributed by atoms with Crippen molar-refractivity contribution >= 4 is 5.91 Å². The van der Waals surface area contributed by atoms with Crippen LogP contribution in [0.5, 0.6) is 0 Å². The Morgan fingerprint density at radius 3 is 2.50 bits per heavy atom. The number of nitrogens with one attached hydrogen (secondary N) is 1. The number of carbonyl (C=O) groups is 1. The third kappa shape index (κ3) is 5.80. The van der Waals surface area contributed by atoms with Crippen molar-refractivity contribution < 1.29 is 9.18 Å². The van der Waals surface area contributed by atoms with E-state index in [9.17, 15) is 9.18 Å². The van der Waals surface area contributed by atoms with E-state index in [1.807, 2.05) is 6.92 Å². The van der Waals surface area contributed by atoms with Crippen LogP contribution in [-0.4, -0.2) is 11.9 Å². The summed E-state index contributed by atoms with van der Waals surface area (Å²) in [5.74, 6) is -0.854. The van der Waals surface area contributed by atoms with Gasteiger partial charge in [0.05, 0.1) is 5.57 Å². The van der Waals surface area contributed by atoms with Crippen molar-refractivity contribution in [1.29, 1.82) is 0 Å². The van der Waals surface area contributed by atoms with Crippen LogP contribution in [0.2, 0.25) is 0 Å². The molecule has 3 heteroatoms. The minimum Gasteiger partial charge on any atom is -0.349 e. The number of rotatable bonds is 7. The van der Waals surface area contributed by atoms with Crippen LogP contribution >= 0.6 is 0 Å². The molecule has 18 heavy (non-hydrogen) atoms. The summed E-state index contributed by atoms with van der Waals surface area (Å²) in [4.78, 5) is 12.0. The Morgan fingerprint density at radius 1 is 1.44 bits per heavy atom. The lowest BCUT2D eigenvalue weighted by Gasteiger charge is -2.14. The molecule has 0 rings (SSSR count). The van der Waals surface area contributed by atoms with Gasteiger partial charge in [0.25, 0.3) is 5.91 Å². The normalized spacial score (nSPS) is 12.8. The largest absolute Gasteiger partial charge is 0.349 e. The number of allylic oxidation sites excluding steroid dienone is 3. The predicted molar refractivity (Wildman–Crippen MR) is 74.9 cm³/mol.